The number of H-pyrrole nitrogens is 1. The molecule has 0 saturated carbocycles. The van der Waals surface area contributed by atoms with Gasteiger partial charge in [0.15, 0.2) is 5.16 Å². The first-order valence-corrected chi connectivity index (χ1v) is 7.02. The number of aryl methyl sites for hydroxylation is 2. The van der Waals surface area contributed by atoms with E-state index in [1.807, 2.05) is 38.1 Å². The number of thioether (sulfide) groups is 1. The second-order valence-corrected chi connectivity index (χ2v) is 5.29. The van der Waals surface area contributed by atoms with E-state index in [-0.39, 0.29) is 5.56 Å². The molecule has 0 aliphatic carbocycles. The third-order valence-electron chi connectivity index (χ3n) is 2.43. The van der Waals surface area contributed by atoms with E-state index in [1.54, 1.807) is 0 Å². The number of benzene rings is 1. The zero-order valence-corrected chi connectivity index (χ0v) is 11.8. The molecule has 1 aromatic heterocycles. The van der Waals surface area contributed by atoms with Crippen LogP contribution in [0.5, 0.6) is 5.75 Å². The molecule has 0 bridgehead atoms. The van der Waals surface area contributed by atoms with Gasteiger partial charge in [0.2, 0.25) is 0 Å². The van der Waals surface area contributed by atoms with E-state index < -0.39 is 0 Å². The van der Waals surface area contributed by atoms with Crippen molar-refractivity contribution in [2.45, 2.75) is 19.0 Å². The fourth-order valence-electron chi connectivity index (χ4n) is 1.62. The topological polar surface area (TPSA) is 55.0 Å². The largest absolute Gasteiger partial charge is 0.493 e. The third kappa shape index (κ3) is 4.44. The van der Waals surface area contributed by atoms with Gasteiger partial charge in [0.05, 0.1) is 6.61 Å². The Morgan fingerprint density at radius 1 is 1.32 bits per heavy atom. The summed E-state index contributed by atoms with van der Waals surface area (Å²) in [6.45, 7) is 4.41. The minimum Gasteiger partial charge on any atom is -0.493 e. The van der Waals surface area contributed by atoms with Crippen LogP contribution in [0.1, 0.15) is 11.3 Å². The maximum atomic E-state index is 11.3. The number of hydrogen-bond donors (Lipinski definition) is 1. The van der Waals surface area contributed by atoms with Crippen LogP contribution < -0.4 is 10.3 Å². The minimum absolute atomic E-state index is 0.116. The number of aromatic amines is 1. The lowest BCUT2D eigenvalue weighted by Crippen LogP contribution is -2.09. The van der Waals surface area contributed by atoms with Crippen molar-refractivity contribution in [2.24, 2.45) is 0 Å². The fraction of sp³-hybridized carbons (Fsp3) is 0.286. The molecule has 0 aliphatic heterocycles. The van der Waals surface area contributed by atoms with E-state index in [1.165, 1.54) is 23.4 Å². The lowest BCUT2D eigenvalue weighted by molar-refractivity contribution is 0.343. The summed E-state index contributed by atoms with van der Waals surface area (Å²) in [6, 6.07) is 9.41. The third-order valence-corrected chi connectivity index (χ3v) is 3.27. The van der Waals surface area contributed by atoms with E-state index in [4.69, 9.17) is 4.74 Å². The summed E-state index contributed by atoms with van der Waals surface area (Å²) >= 11 is 1.48. The van der Waals surface area contributed by atoms with Crippen molar-refractivity contribution < 1.29 is 4.74 Å². The molecular weight excluding hydrogens is 260 g/mol. The van der Waals surface area contributed by atoms with Crippen molar-refractivity contribution >= 4 is 11.8 Å². The van der Waals surface area contributed by atoms with Gasteiger partial charge in [-0.3, -0.25) is 4.79 Å². The number of aromatic nitrogens is 2. The van der Waals surface area contributed by atoms with Gasteiger partial charge in [-0.25, -0.2) is 4.98 Å². The number of nitrogens with one attached hydrogen (secondary N) is 1. The van der Waals surface area contributed by atoms with E-state index >= 15 is 0 Å². The summed E-state index contributed by atoms with van der Waals surface area (Å²) in [6.07, 6.45) is 0. The van der Waals surface area contributed by atoms with Crippen LogP contribution in [0.3, 0.4) is 0 Å². The number of hydrogen-bond acceptors (Lipinski definition) is 4. The highest BCUT2D eigenvalue weighted by Gasteiger charge is 2.00. The first kappa shape index (κ1) is 13.7. The Kier molecular flexibility index (Phi) is 4.63. The maximum Gasteiger partial charge on any atom is 0.251 e. The molecule has 5 heteroatoms. The highest BCUT2D eigenvalue weighted by molar-refractivity contribution is 7.99. The van der Waals surface area contributed by atoms with Gasteiger partial charge in [0.1, 0.15) is 5.75 Å². The molecule has 2 aromatic rings. The van der Waals surface area contributed by atoms with Crippen LogP contribution in [-0.4, -0.2) is 22.3 Å². The molecule has 1 aromatic carbocycles. The van der Waals surface area contributed by atoms with Gasteiger partial charge in [0.25, 0.3) is 5.56 Å². The molecule has 0 saturated heterocycles. The van der Waals surface area contributed by atoms with Crippen molar-refractivity contribution in [1.29, 1.82) is 0 Å². The minimum atomic E-state index is -0.116. The highest BCUT2D eigenvalue weighted by atomic mass is 32.2. The molecule has 4 nitrogen and oxygen atoms in total. The second-order valence-electron chi connectivity index (χ2n) is 4.21. The molecule has 0 atom stereocenters. The Hall–Kier alpha value is -1.75. The van der Waals surface area contributed by atoms with Crippen LogP contribution in [0.15, 0.2) is 40.3 Å². The maximum absolute atomic E-state index is 11.3. The van der Waals surface area contributed by atoms with E-state index in [0.717, 1.165) is 17.2 Å². The molecule has 0 unspecified atom stereocenters. The second kappa shape index (κ2) is 6.43. The van der Waals surface area contributed by atoms with Gasteiger partial charge in [0, 0.05) is 17.5 Å². The van der Waals surface area contributed by atoms with E-state index in [2.05, 4.69) is 9.97 Å². The lowest BCUT2D eigenvalue weighted by Gasteiger charge is -2.06. The molecule has 0 amide bonds. The first-order valence-electron chi connectivity index (χ1n) is 6.04. The van der Waals surface area contributed by atoms with Crippen molar-refractivity contribution in [3.05, 3.63) is 51.9 Å². The standard InChI is InChI=1S/C14H16N2O2S/c1-10-4-3-5-12(8-10)18-6-7-19-14-15-11(2)9-13(17)16-14/h3-5,8-9H,6-7H2,1-2H3,(H,15,16,17). The molecule has 19 heavy (non-hydrogen) atoms. The van der Waals surface area contributed by atoms with Gasteiger partial charge in [-0.05, 0) is 31.5 Å². The predicted molar refractivity (Wildman–Crippen MR) is 77.0 cm³/mol. The smallest absolute Gasteiger partial charge is 0.251 e. The fourth-order valence-corrected chi connectivity index (χ4v) is 2.36. The molecule has 2 rings (SSSR count). The van der Waals surface area contributed by atoms with Gasteiger partial charge in [-0.1, -0.05) is 23.9 Å². The normalized spacial score (nSPS) is 10.4. The van der Waals surface area contributed by atoms with Crippen LogP contribution in [0.4, 0.5) is 0 Å². The molecule has 100 valence electrons. The molecule has 0 radical (unpaired) electrons. The summed E-state index contributed by atoms with van der Waals surface area (Å²) in [5.41, 5.74) is 1.79. The molecule has 0 fully saturated rings. The molecule has 1 heterocycles. The Bertz CT molecular complexity index is 610. The Morgan fingerprint density at radius 3 is 2.89 bits per heavy atom. The lowest BCUT2D eigenvalue weighted by atomic mass is 10.2. The number of nitrogens with zero attached hydrogens (tertiary/aromatic N) is 1. The number of rotatable bonds is 5. The predicted octanol–water partition coefficient (Wildman–Crippen LogP) is 2.56. The summed E-state index contributed by atoms with van der Waals surface area (Å²) in [5, 5.41) is 0.637. The Morgan fingerprint density at radius 2 is 2.16 bits per heavy atom. The van der Waals surface area contributed by atoms with Crippen molar-refractivity contribution in [1.82, 2.24) is 9.97 Å². The summed E-state index contributed by atoms with van der Waals surface area (Å²) < 4.78 is 5.63. The zero-order chi connectivity index (χ0) is 13.7. The van der Waals surface area contributed by atoms with E-state index in [9.17, 15) is 4.79 Å². The van der Waals surface area contributed by atoms with Crippen LogP contribution in [-0.2, 0) is 0 Å². The van der Waals surface area contributed by atoms with Crippen molar-refractivity contribution in [3.8, 4) is 5.75 Å². The molecule has 0 spiro atoms. The van der Waals surface area contributed by atoms with Gasteiger partial charge in [-0.15, -0.1) is 0 Å². The molecule has 0 aliphatic rings. The zero-order valence-electron chi connectivity index (χ0n) is 11.0. The van der Waals surface area contributed by atoms with Crippen LogP contribution >= 0.6 is 11.8 Å². The Labute approximate surface area is 116 Å². The van der Waals surface area contributed by atoms with Gasteiger partial charge in [-0.2, -0.15) is 0 Å². The average molecular weight is 276 g/mol. The first-order chi connectivity index (χ1) is 9.13. The van der Waals surface area contributed by atoms with Crippen LogP contribution in [0.25, 0.3) is 0 Å². The number of ether oxygens (including phenoxy) is 1. The quantitative estimate of drug-likeness (QED) is 0.518. The monoisotopic (exact) mass is 276 g/mol. The van der Waals surface area contributed by atoms with E-state index in [0.29, 0.717) is 11.8 Å². The summed E-state index contributed by atoms with van der Waals surface area (Å²) in [5.74, 6) is 1.60. The Balaban J connectivity index is 1.82. The van der Waals surface area contributed by atoms with Crippen LogP contribution in [0, 0.1) is 13.8 Å². The molecule has 1 N–H and O–H groups in total. The highest BCUT2D eigenvalue weighted by Crippen LogP contribution is 2.14. The van der Waals surface area contributed by atoms with Gasteiger partial charge < -0.3 is 9.72 Å². The molecular formula is C14H16N2O2S. The van der Waals surface area contributed by atoms with Crippen molar-refractivity contribution in [2.75, 3.05) is 12.4 Å². The summed E-state index contributed by atoms with van der Waals surface area (Å²) in [7, 11) is 0. The van der Waals surface area contributed by atoms with Crippen LogP contribution in [0.2, 0.25) is 0 Å². The van der Waals surface area contributed by atoms with Crippen molar-refractivity contribution in [3.63, 3.8) is 0 Å². The summed E-state index contributed by atoms with van der Waals surface area (Å²) in [4.78, 5) is 18.2. The average Bonchev–Trinajstić information content (AvgIpc) is 2.34. The van der Waals surface area contributed by atoms with Gasteiger partial charge >= 0.3 is 0 Å². The SMILES string of the molecule is Cc1cccc(OCCSc2nc(C)cc(=O)[nH]2)c1.